The van der Waals surface area contributed by atoms with Crippen molar-refractivity contribution in [2.24, 2.45) is 5.73 Å². The molecule has 1 atom stereocenters. The van der Waals surface area contributed by atoms with Crippen LogP contribution < -0.4 is 15.2 Å². The number of piperidine rings is 1. The molecular formula is C15H24N2O4S. The molecule has 2 rings (SSSR count). The number of aryl methyl sites for hydroxylation is 1. The molecular weight excluding hydrogens is 304 g/mol. The van der Waals surface area contributed by atoms with Gasteiger partial charge >= 0.3 is 0 Å². The Kier molecular flexibility index (Phi) is 5.31. The lowest BCUT2D eigenvalue weighted by atomic mass is 10.1. The quantitative estimate of drug-likeness (QED) is 0.886. The lowest BCUT2D eigenvalue weighted by molar-refractivity contribution is 0.257. The molecule has 0 aromatic heterocycles. The Morgan fingerprint density at radius 3 is 2.45 bits per heavy atom. The number of sulfonamides is 1. The Balaban J connectivity index is 2.48. The van der Waals surface area contributed by atoms with Crippen molar-refractivity contribution in [1.29, 1.82) is 0 Å². The highest BCUT2D eigenvalue weighted by molar-refractivity contribution is 7.89. The van der Waals surface area contributed by atoms with Gasteiger partial charge < -0.3 is 15.2 Å². The highest BCUT2D eigenvalue weighted by Crippen LogP contribution is 2.35. The van der Waals surface area contributed by atoms with Crippen molar-refractivity contribution in [3.8, 4) is 11.5 Å². The van der Waals surface area contributed by atoms with Gasteiger partial charge in [-0.2, -0.15) is 4.31 Å². The first-order chi connectivity index (χ1) is 10.5. The standard InChI is InChI=1S/C15H24N2O4S/c1-11-8-13(20-2)14(21-3)9-15(11)22(18,19)17-7-5-4-6-12(17)10-16/h8-9,12H,4-7,10,16H2,1-3H3. The molecule has 0 amide bonds. The molecule has 1 heterocycles. The molecule has 1 aromatic rings. The summed E-state index contributed by atoms with van der Waals surface area (Å²) in [5.41, 5.74) is 6.40. The zero-order valence-electron chi connectivity index (χ0n) is 13.3. The maximum atomic E-state index is 13.0. The average molecular weight is 328 g/mol. The lowest BCUT2D eigenvalue weighted by Crippen LogP contribution is -2.47. The molecule has 1 saturated heterocycles. The van der Waals surface area contributed by atoms with Crippen LogP contribution in [0.4, 0.5) is 0 Å². The summed E-state index contributed by atoms with van der Waals surface area (Å²) in [4.78, 5) is 0.255. The molecule has 1 aliphatic rings. The van der Waals surface area contributed by atoms with Gasteiger partial charge in [0.15, 0.2) is 11.5 Å². The van der Waals surface area contributed by atoms with E-state index in [1.807, 2.05) is 0 Å². The zero-order chi connectivity index (χ0) is 16.3. The summed E-state index contributed by atoms with van der Waals surface area (Å²) in [6.45, 7) is 2.61. The highest BCUT2D eigenvalue weighted by Gasteiger charge is 2.34. The van der Waals surface area contributed by atoms with Gasteiger partial charge in [-0.15, -0.1) is 0 Å². The van der Waals surface area contributed by atoms with Gasteiger partial charge in [-0.25, -0.2) is 8.42 Å². The van der Waals surface area contributed by atoms with Crippen molar-refractivity contribution in [3.63, 3.8) is 0 Å². The van der Waals surface area contributed by atoms with Crippen LogP contribution in [0.2, 0.25) is 0 Å². The van der Waals surface area contributed by atoms with Crippen LogP contribution in [0.15, 0.2) is 17.0 Å². The zero-order valence-corrected chi connectivity index (χ0v) is 14.1. The molecule has 2 N–H and O–H groups in total. The van der Waals surface area contributed by atoms with Crippen molar-refractivity contribution in [2.75, 3.05) is 27.3 Å². The normalized spacial score (nSPS) is 19.9. The summed E-state index contributed by atoms with van der Waals surface area (Å²) in [6, 6.07) is 3.09. The van der Waals surface area contributed by atoms with E-state index < -0.39 is 10.0 Å². The van der Waals surface area contributed by atoms with Crippen LogP contribution in [-0.2, 0) is 10.0 Å². The van der Waals surface area contributed by atoms with Crippen LogP contribution in [0, 0.1) is 6.92 Å². The third kappa shape index (κ3) is 3.06. The molecule has 22 heavy (non-hydrogen) atoms. The second-order valence-corrected chi connectivity index (χ2v) is 7.33. The Morgan fingerprint density at radius 1 is 1.23 bits per heavy atom. The van der Waals surface area contributed by atoms with Gasteiger partial charge in [0, 0.05) is 25.2 Å². The molecule has 0 saturated carbocycles. The van der Waals surface area contributed by atoms with E-state index in [-0.39, 0.29) is 10.9 Å². The Morgan fingerprint density at radius 2 is 1.86 bits per heavy atom. The predicted octanol–water partition coefficient (Wildman–Crippen LogP) is 1.51. The fourth-order valence-electron chi connectivity index (χ4n) is 2.89. The molecule has 1 fully saturated rings. The molecule has 0 aliphatic carbocycles. The first-order valence-electron chi connectivity index (χ1n) is 7.40. The first kappa shape index (κ1) is 17.1. The van der Waals surface area contributed by atoms with Crippen molar-refractivity contribution in [2.45, 2.75) is 37.1 Å². The number of ether oxygens (including phenoxy) is 2. The summed E-state index contributed by atoms with van der Waals surface area (Å²) in [7, 11) is -0.572. The van der Waals surface area contributed by atoms with Crippen LogP contribution in [0.3, 0.4) is 0 Å². The van der Waals surface area contributed by atoms with E-state index >= 15 is 0 Å². The number of benzene rings is 1. The fraction of sp³-hybridized carbons (Fsp3) is 0.600. The van der Waals surface area contributed by atoms with Gasteiger partial charge in [0.05, 0.1) is 19.1 Å². The maximum Gasteiger partial charge on any atom is 0.243 e. The van der Waals surface area contributed by atoms with Crippen molar-refractivity contribution in [3.05, 3.63) is 17.7 Å². The van der Waals surface area contributed by atoms with Gasteiger partial charge in [-0.05, 0) is 31.4 Å². The van der Waals surface area contributed by atoms with E-state index in [0.29, 0.717) is 30.2 Å². The van der Waals surface area contributed by atoms with Crippen molar-refractivity contribution in [1.82, 2.24) is 4.31 Å². The minimum Gasteiger partial charge on any atom is -0.493 e. The Labute approximate surface area is 132 Å². The van der Waals surface area contributed by atoms with Gasteiger partial charge in [0.2, 0.25) is 10.0 Å². The maximum absolute atomic E-state index is 13.0. The van der Waals surface area contributed by atoms with Crippen molar-refractivity contribution >= 4 is 10.0 Å². The second-order valence-electron chi connectivity index (χ2n) is 5.47. The third-order valence-corrected chi connectivity index (χ3v) is 6.21. The third-order valence-electron chi connectivity index (χ3n) is 4.11. The predicted molar refractivity (Wildman–Crippen MR) is 84.9 cm³/mol. The minimum absolute atomic E-state index is 0.133. The number of hydrogen-bond donors (Lipinski definition) is 1. The van der Waals surface area contributed by atoms with E-state index in [4.69, 9.17) is 15.2 Å². The number of rotatable bonds is 5. The van der Waals surface area contributed by atoms with Gasteiger partial charge in [0.25, 0.3) is 0 Å². The van der Waals surface area contributed by atoms with Crippen molar-refractivity contribution < 1.29 is 17.9 Å². The van der Waals surface area contributed by atoms with Gasteiger partial charge in [-0.1, -0.05) is 6.42 Å². The number of hydrogen-bond acceptors (Lipinski definition) is 5. The van der Waals surface area contributed by atoms with E-state index in [2.05, 4.69) is 0 Å². The fourth-order valence-corrected chi connectivity index (χ4v) is 4.82. The molecule has 1 aliphatic heterocycles. The number of nitrogens with zero attached hydrogens (tertiary/aromatic N) is 1. The Hall–Kier alpha value is -1.31. The van der Waals surface area contributed by atoms with Crippen LogP contribution in [-0.4, -0.2) is 46.1 Å². The first-order valence-corrected chi connectivity index (χ1v) is 8.84. The van der Waals surface area contributed by atoms with E-state index in [0.717, 1.165) is 19.3 Å². The van der Waals surface area contributed by atoms with Gasteiger partial charge in [-0.3, -0.25) is 0 Å². The molecule has 0 spiro atoms. The molecule has 7 heteroatoms. The van der Waals surface area contributed by atoms with Crippen LogP contribution in [0.5, 0.6) is 11.5 Å². The minimum atomic E-state index is -3.59. The molecule has 124 valence electrons. The number of nitrogens with two attached hydrogens (primary N) is 1. The number of methoxy groups -OCH3 is 2. The molecule has 1 aromatic carbocycles. The Bertz CT molecular complexity index is 631. The van der Waals surface area contributed by atoms with Crippen LogP contribution in [0.1, 0.15) is 24.8 Å². The molecule has 6 nitrogen and oxygen atoms in total. The van der Waals surface area contributed by atoms with E-state index in [9.17, 15) is 8.42 Å². The topological polar surface area (TPSA) is 81.9 Å². The SMILES string of the molecule is COc1cc(C)c(S(=O)(=O)N2CCCCC2CN)cc1OC. The largest absolute Gasteiger partial charge is 0.493 e. The molecule has 1 unspecified atom stereocenters. The molecule has 0 bridgehead atoms. The average Bonchev–Trinajstić information content (AvgIpc) is 2.54. The summed E-state index contributed by atoms with van der Waals surface area (Å²) < 4.78 is 38.0. The van der Waals surface area contributed by atoms with Crippen LogP contribution in [0.25, 0.3) is 0 Å². The summed E-state index contributed by atoms with van der Waals surface area (Å²) in [5, 5.41) is 0. The smallest absolute Gasteiger partial charge is 0.243 e. The summed E-state index contributed by atoms with van der Waals surface area (Å²) >= 11 is 0. The summed E-state index contributed by atoms with van der Waals surface area (Å²) in [5.74, 6) is 0.931. The highest BCUT2D eigenvalue weighted by atomic mass is 32.2. The van der Waals surface area contributed by atoms with Crippen LogP contribution >= 0.6 is 0 Å². The molecule has 0 radical (unpaired) electrons. The second kappa shape index (κ2) is 6.85. The van der Waals surface area contributed by atoms with E-state index in [1.54, 1.807) is 13.0 Å². The lowest BCUT2D eigenvalue weighted by Gasteiger charge is -2.34. The monoisotopic (exact) mass is 328 g/mol. The van der Waals surface area contributed by atoms with Gasteiger partial charge in [0.1, 0.15) is 0 Å². The summed E-state index contributed by atoms with van der Waals surface area (Å²) in [6.07, 6.45) is 2.68. The van der Waals surface area contributed by atoms with E-state index in [1.165, 1.54) is 24.6 Å².